The van der Waals surface area contributed by atoms with Crippen LogP contribution in [0.5, 0.6) is 0 Å². The molecule has 0 radical (unpaired) electrons. The molecule has 2 heterocycles. The van der Waals surface area contributed by atoms with Crippen molar-refractivity contribution >= 4 is 0 Å². The maximum Gasteiger partial charge on any atom is 0.0948 e. The van der Waals surface area contributed by atoms with Crippen LogP contribution in [0.2, 0.25) is 0 Å². The van der Waals surface area contributed by atoms with Crippen molar-refractivity contribution in [1.29, 1.82) is 0 Å². The summed E-state index contributed by atoms with van der Waals surface area (Å²) in [5.74, 6) is 0.700. The molecule has 1 N–H and O–H groups in total. The maximum atomic E-state index is 4.33. The van der Waals surface area contributed by atoms with Crippen LogP contribution in [-0.2, 0) is 6.54 Å². The van der Waals surface area contributed by atoms with Crippen LogP contribution in [0.25, 0.3) is 0 Å². The summed E-state index contributed by atoms with van der Waals surface area (Å²) in [5.41, 5.74) is 1.43. The van der Waals surface area contributed by atoms with Crippen molar-refractivity contribution in [2.75, 3.05) is 33.2 Å². The van der Waals surface area contributed by atoms with Gasteiger partial charge in [0, 0.05) is 30.9 Å². The molecule has 1 aliphatic rings. The van der Waals surface area contributed by atoms with Crippen molar-refractivity contribution in [3.63, 3.8) is 0 Å². The SMILES string of the molecule is CCN(C)CCn1cncc1C1CCNCC1. The molecule has 0 spiro atoms. The number of piperidine rings is 1. The second-order valence-electron chi connectivity index (χ2n) is 4.93. The molecule has 0 unspecified atom stereocenters. The lowest BCUT2D eigenvalue weighted by Gasteiger charge is -2.24. The minimum Gasteiger partial charge on any atom is -0.333 e. The Bertz CT molecular complexity index is 328. The molecule has 0 atom stereocenters. The molecule has 17 heavy (non-hydrogen) atoms. The molecule has 1 saturated heterocycles. The number of likely N-dealkylation sites (N-methyl/N-ethyl adjacent to an activating group) is 1. The van der Waals surface area contributed by atoms with Gasteiger partial charge in [-0.15, -0.1) is 0 Å². The van der Waals surface area contributed by atoms with E-state index in [1.807, 2.05) is 6.33 Å². The van der Waals surface area contributed by atoms with Crippen LogP contribution < -0.4 is 5.32 Å². The van der Waals surface area contributed by atoms with Gasteiger partial charge in [0.1, 0.15) is 0 Å². The van der Waals surface area contributed by atoms with Gasteiger partial charge in [-0.3, -0.25) is 0 Å². The van der Waals surface area contributed by atoms with Crippen molar-refractivity contribution < 1.29 is 0 Å². The fourth-order valence-corrected chi connectivity index (χ4v) is 2.41. The van der Waals surface area contributed by atoms with Gasteiger partial charge in [0.05, 0.1) is 6.33 Å². The van der Waals surface area contributed by atoms with E-state index in [0.29, 0.717) is 5.92 Å². The van der Waals surface area contributed by atoms with Crippen LogP contribution in [-0.4, -0.2) is 47.7 Å². The summed E-state index contributed by atoms with van der Waals surface area (Å²) in [6, 6.07) is 0. The number of nitrogens with zero attached hydrogens (tertiary/aromatic N) is 3. The first kappa shape index (κ1) is 12.6. The molecule has 1 fully saturated rings. The number of hydrogen-bond donors (Lipinski definition) is 1. The van der Waals surface area contributed by atoms with Gasteiger partial charge in [0.25, 0.3) is 0 Å². The minimum atomic E-state index is 0.700. The van der Waals surface area contributed by atoms with E-state index in [1.54, 1.807) is 0 Å². The van der Waals surface area contributed by atoms with Crippen molar-refractivity contribution in [2.24, 2.45) is 0 Å². The predicted molar refractivity (Wildman–Crippen MR) is 70.2 cm³/mol. The van der Waals surface area contributed by atoms with Gasteiger partial charge < -0.3 is 14.8 Å². The highest BCUT2D eigenvalue weighted by molar-refractivity contribution is 5.07. The lowest BCUT2D eigenvalue weighted by atomic mass is 9.95. The monoisotopic (exact) mass is 236 g/mol. The maximum absolute atomic E-state index is 4.33. The zero-order valence-electron chi connectivity index (χ0n) is 11.0. The minimum absolute atomic E-state index is 0.700. The predicted octanol–water partition coefficient (Wildman–Crippen LogP) is 1.30. The molecule has 4 heteroatoms. The molecular formula is C13H24N4. The standard InChI is InChI=1S/C13H24N4/c1-3-16(2)8-9-17-11-15-10-13(17)12-4-6-14-7-5-12/h10-12,14H,3-9H2,1-2H3. The molecule has 0 amide bonds. The third-order valence-corrected chi connectivity index (χ3v) is 3.76. The fraction of sp³-hybridized carbons (Fsp3) is 0.769. The van der Waals surface area contributed by atoms with E-state index >= 15 is 0 Å². The number of nitrogens with one attached hydrogen (secondary N) is 1. The summed E-state index contributed by atoms with van der Waals surface area (Å²) in [6.45, 7) is 7.75. The van der Waals surface area contributed by atoms with Crippen LogP contribution >= 0.6 is 0 Å². The van der Waals surface area contributed by atoms with E-state index in [9.17, 15) is 0 Å². The van der Waals surface area contributed by atoms with Crippen LogP contribution in [0, 0.1) is 0 Å². The molecule has 0 saturated carbocycles. The second kappa shape index (κ2) is 6.17. The average Bonchev–Trinajstić information content (AvgIpc) is 2.85. The molecule has 1 aromatic heterocycles. The molecule has 0 aliphatic carbocycles. The Morgan fingerprint density at radius 1 is 1.47 bits per heavy atom. The van der Waals surface area contributed by atoms with Gasteiger partial charge in [-0.1, -0.05) is 6.92 Å². The first-order valence-corrected chi connectivity index (χ1v) is 6.70. The summed E-state index contributed by atoms with van der Waals surface area (Å²) in [6.07, 6.45) is 6.54. The highest BCUT2D eigenvalue weighted by Gasteiger charge is 2.18. The molecule has 1 aromatic rings. The first-order valence-electron chi connectivity index (χ1n) is 6.70. The third kappa shape index (κ3) is 3.30. The number of aromatic nitrogens is 2. The molecule has 4 nitrogen and oxygen atoms in total. The zero-order chi connectivity index (χ0) is 12.1. The zero-order valence-corrected chi connectivity index (χ0v) is 11.0. The smallest absolute Gasteiger partial charge is 0.0948 e. The molecule has 0 aromatic carbocycles. The van der Waals surface area contributed by atoms with E-state index in [-0.39, 0.29) is 0 Å². The lowest BCUT2D eigenvalue weighted by molar-refractivity contribution is 0.329. The molecule has 2 rings (SSSR count). The van der Waals surface area contributed by atoms with E-state index in [1.165, 1.54) is 18.5 Å². The van der Waals surface area contributed by atoms with Gasteiger partial charge in [-0.05, 0) is 39.5 Å². The van der Waals surface area contributed by atoms with Gasteiger partial charge in [-0.2, -0.15) is 0 Å². The Hall–Kier alpha value is -0.870. The van der Waals surface area contributed by atoms with Crippen LogP contribution in [0.15, 0.2) is 12.5 Å². The van der Waals surface area contributed by atoms with Gasteiger partial charge >= 0.3 is 0 Å². The first-order chi connectivity index (χ1) is 8.31. The summed E-state index contributed by atoms with van der Waals surface area (Å²) in [5, 5.41) is 3.42. The van der Waals surface area contributed by atoms with Gasteiger partial charge in [0.2, 0.25) is 0 Å². The van der Waals surface area contributed by atoms with E-state index in [4.69, 9.17) is 0 Å². The fourth-order valence-electron chi connectivity index (χ4n) is 2.41. The Kier molecular flexibility index (Phi) is 4.57. The summed E-state index contributed by atoms with van der Waals surface area (Å²) in [4.78, 5) is 6.66. The normalized spacial score (nSPS) is 17.8. The average molecular weight is 236 g/mol. The lowest BCUT2D eigenvalue weighted by Crippen LogP contribution is -2.28. The number of imidazole rings is 1. The second-order valence-corrected chi connectivity index (χ2v) is 4.93. The van der Waals surface area contributed by atoms with Crippen molar-refractivity contribution in [3.05, 3.63) is 18.2 Å². The Balaban J connectivity index is 1.95. The van der Waals surface area contributed by atoms with Crippen molar-refractivity contribution in [3.8, 4) is 0 Å². The Morgan fingerprint density at radius 2 is 2.24 bits per heavy atom. The number of rotatable bonds is 5. The molecule has 96 valence electrons. The largest absolute Gasteiger partial charge is 0.333 e. The van der Waals surface area contributed by atoms with Crippen LogP contribution in [0.1, 0.15) is 31.4 Å². The topological polar surface area (TPSA) is 33.1 Å². The highest BCUT2D eigenvalue weighted by atomic mass is 15.1. The quantitative estimate of drug-likeness (QED) is 0.836. The number of hydrogen-bond acceptors (Lipinski definition) is 3. The van der Waals surface area contributed by atoms with E-state index < -0.39 is 0 Å². The van der Waals surface area contributed by atoms with Crippen molar-refractivity contribution in [2.45, 2.75) is 32.2 Å². The molecular weight excluding hydrogens is 212 g/mol. The highest BCUT2D eigenvalue weighted by Crippen LogP contribution is 2.24. The molecule has 1 aliphatic heterocycles. The third-order valence-electron chi connectivity index (χ3n) is 3.76. The van der Waals surface area contributed by atoms with Gasteiger partial charge in [-0.25, -0.2) is 4.98 Å². The Labute approximate surface area is 104 Å². The molecule has 0 bridgehead atoms. The van der Waals surface area contributed by atoms with Crippen LogP contribution in [0.3, 0.4) is 0 Å². The van der Waals surface area contributed by atoms with Crippen LogP contribution in [0.4, 0.5) is 0 Å². The van der Waals surface area contributed by atoms with Gasteiger partial charge in [0.15, 0.2) is 0 Å². The van der Waals surface area contributed by atoms with E-state index in [2.05, 4.69) is 39.9 Å². The van der Waals surface area contributed by atoms with E-state index in [0.717, 1.165) is 32.7 Å². The summed E-state index contributed by atoms with van der Waals surface area (Å²) in [7, 11) is 2.17. The van der Waals surface area contributed by atoms with Crippen molar-refractivity contribution in [1.82, 2.24) is 19.8 Å². The Morgan fingerprint density at radius 3 is 2.94 bits per heavy atom. The summed E-state index contributed by atoms with van der Waals surface area (Å²) >= 11 is 0. The summed E-state index contributed by atoms with van der Waals surface area (Å²) < 4.78 is 2.34.